The van der Waals surface area contributed by atoms with Crippen molar-refractivity contribution in [3.63, 3.8) is 0 Å². The molecular weight excluding hydrogens is 583 g/mol. The minimum absolute atomic E-state index is 0.103. The molecule has 0 fully saturated rings. The van der Waals surface area contributed by atoms with Crippen LogP contribution in [0, 0.1) is 41.5 Å². The van der Waals surface area contributed by atoms with Crippen molar-refractivity contribution in [1.29, 1.82) is 0 Å². The second-order valence-electron chi connectivity index (χ2n) is 13.1. The lowest BCUT2D eigenvalue weighted by atomic mass is 9.77. The van der Waals surface area contributed by atoms with E-state index in [4.69, 9.17) is 4.98 Å². The van der Waals surface area contributed by atoms with Crippen molar-refractivity contribution >= 4 is 28.0 Å². The van der Waals surface area contributed by atoms with E-state index in [1.54, 1.807) is 12.4 Å². The van der Waals surface area contributed by atoms with Gasteiger partial charge in [0.05, 0.1) is 11.9 Å². The number of hydrogen-bond donors (Lipinski definition) is 0. The number of hydrogen-bond acceptors (Lipinski definition) is 3. The molecule has 0 aliphatic carbocycles. The van der Waals surface area contributed by atoms with Crippen LogP contribution >= 0.6 is 0 Å². The Hall–Kier alpha value is -5.54. The Morgan fingerprint density at radius 3 is 1.62 bits per heavy atom. The molecule has 0 saturated heterocycles. The quantitative estimate of drug-likeness (QED) is 0.165. The Kier molecular flexibility index (Phi) is 8.37. The number of fused-ring (bicyclic) bond motifs is 1. The van der Waals surface area contributed by atoms with Gasteiger partial charge in [-0.05, 0) is 121 Å². The van der Waals surface area contributed by atoms with E-state index in [-0.39, 0.29) is 5.92 Å². The summed E-state index contributed by atoms with van der Waals surface area (Å²) in [6, 6.07) is 42.1. The van der Waals surface area contributed by atoms with Gasteiger partial charge in [0.15, 0.2) is 5.82 Å². The third kappa shape index (κ3) is 5.89. The molecule has 236 valence electrons. The van der Waals surface area contributed by atoms with Crippen LogP contribution in [-0.2, 0) is 0 Å². The van der Waals surface area contributed by atoms with Gasteiger partial charge in [-0.1, -0.05) is 102 Å². The zero-order valence-electron chi connectivity index (χ0n) is 28.6. The summed E-state index contributed by atoms with van der Waals surface area (Å²) in [5, 5.41) is 2.37. The summed E-state index contributed by atoms with van der Waals surface area (Å²) in [6.45, 7) is 13.4. The monoisotopic (exact) mass is 623 g/mol. The van der Waals surface area contributed by atoms with E-state index in [0.29, 0.717) is 0 Å². The molecule has 6 aromatic carbocycles. The number of aryl methyl sites for hydroxylation is 6. The van der Waals surface area contributed by atoms with Crippen LogP contribution in [0.4, 0.5) is 17.2 Å². The van der Waals surface area contributed by atoms with Crippen LogP contribution in [0.5, 0.6) is 0 Å². The highest BCUT2D eigenvalue weighted by molar-refractivity contribution is 5.97. The predicted octanol–water partition coefficient (Wildman–Crippen LogP) is 11.8. The highest BCUT2D eigenvalue weighted by Crippen LogP contribution is 2.44. The molecule has 0 atom stereocenters. The first-order valence-electron chi connectivity index (χ1n) is 16.7. The second kappa shape index (κ2) is 12.9. The third-order valence-corrected chi connectivity index (χ3v) is 9.51. The van der Waals surface area contributed by atoms with E-state index in [2.05, 4.69) is 167 Å². The van der Waals surface area contributed by atoms with E-state index in [1.807, 2.05) is 6.20 Å². The molecule has 0 aliphatic rings. The number of rotatable bonds is 7. The van der Waals surface area contributed by atoms with Gasteiger partial charge >= 0.3 is 0 Å². The first kappa shape index (κ1) is 31.1. The Balaban J connectivity index is 1.44. The largest absolute Gasteiger partial charge is 0.293 e. The summed E-state index contributed by atoms with van der Waals surface area (Å²) >= 11 is 0. The maximum atomic E-state index is 4.83. The average Bonchev–Trinajstić information content (AvgIpc) is 3.08. The van der Waals surface area contributed by atoms with Crippen LogP contribution in [-0.4, -0.2) is 9.97 Å². The molecule has 0 N–H and O–H groups in total. The van der Waals surface area contributed by atoms with Crippen molar-refractivity contribution in [3.05, 3.63) is 184 Å². The molecule has 0 aliphatic heterocycles. The van der Waals surface area contributed by atoms with Crippen LogP contribution in [0.15, 0.2) is 134 Å². The fourth-order valence-electron chi connectivity index (χ4n) is 7.65. The molecular formula is C45H41N3. The van der Waals surface area contributed by atoms with Crippen molar-refractivity contribution in [1.82, 2.24) is 9.97 Å². The van der Waals surface area contributed by atoms with Gasteiger partial charge in [-0.3, -0.25) is 9.88 Å². The maximum absolute atomic E-state index is 4.83. The van der Waals surface area contributed by atoms with Crippen molar-refractivity contribution in [2.45, 2.75) is 47.5 Å². The summed E-state index contributed by atoms with van der Waals surface area (Å²) in [5.74, 6) is 0.871. The molecule has 0 radical (unpaired) electrons. The maximum Gasteiger partial charge on any atom is 0.156 e. The molecule has 0 amide bonds. The lowest BCUT2D eigenvalue weighted by Crippen LogP contribution is -2.14. The molecule has 1 aromatic heterocycles. The van der Waals surface area contributed by atoms with Crippen molar-refractivity contribution in [2.24, 2.45) is 0 Å². The molecule has 48 heavy (non-hydrogen) atoms. The summed E-state index contributed by atoms with van der Waals surface area (Å²) in [4.78, 5) is 11.6. The van der Waals surface area contributed by atoms with Crippen molar-refractivity contribution in [2.75, 3.05) is 4.90 Å². The molecule has 0 unspecified atom stereocenters. The smallest absolute Gasteiger partial charge is 0.156 e. The van der Waals surface area contributed by atoms with E-state index in [9.17, 15) is 0 Å². The first-order valence-corrected chi connectivity index (χ1v) is 16.7. The standard InChI is InChI=1S/C45H41N3/c1-29-22-31(3)43(32(4)23-29)45(44-33(5)24-30(2)25-34(44)6)36-16-18-39(19-17-36)48(42-28-46-20-21-47-42)41-27-38-15-11-10-14-37(38)26-40(41)35-12-8-7-9-13-35/h7-28,45H,1-6H3. The number of benzene rings is 6. The van der Waals surface area contributed by atoms with Gasteiger partial charge in [-0.15, -0.1) is 0 Å². The molecule has 7 aromatic rings. The van der Waals surface area contributed by atoms with E-state index in [1.165, 1.54) is 60.8 Å². The lowest BCUT2D eigenvalue weighted by molar-refractivity contribution is 0.919. The first-order chi connectivity index (χ1) is 23.3. The topological polar surface area (TPSA) is 29.0 Å². The zero-order chi connectivity index (χ0) is 33.4. The summed E-state index contributed by atoms with van der Waals surface area (Å²) in [5.41, 5.74) is 16.3. The van der Waals surface area contributed by atoms with E-state index >= 15 is 0 Å². The number of aromatic nitrogens is 2. The van der Waals surface area contributed by atoms with Gasteiger partial charge in [0.2, 0.25) is 0 Å². The van der Waals surface area contributed by atoms with Crippen molar-refractivity contribution < 1.29 is 0 Å². The molecule has 3 heteroatoms. The summed E-state index contributed by atoms with van der Waals surface area (Å²) in [6.07, 6.45) is 5.34. The molecule has 3 nitrogen and oxygen atoms in total. The molecule has 7 rings (SSSR count). The van der Waals surface area contributed by atoms with Crippen LogP contribution in [0.1, 0.15) is 56.0 Å². The average molecular weight is 624 g/mol. The lowest BCUT2D eigenvalue weighted by Gasteiger charge is -2.29. The van der Waals surface area contributed by atoms with Gasteiger partial charge in [0, 0.05) is 29.6 Å². The minimum Gasteiger partial charge on any atom is -0.293 e. The molecule has 1 heterocycles. The van der Waals surface area contributed by atoms with Gasteiger partial charge < -0.3 is 0 Å². The zero-order valence-corrected chi connectivity index (χ0v) is 28.6. The van der Waals surface area contributed by atoms with Gasteiger partial charge in [0.25, 0.3) is 0 Å². The Labute approximate surface area is 284 Å². The number of anilines is 3. The SMILES string of the molecule is Cc1cc(C)c(C(c2ccc(N(c3cnccn3)c3cc4ccccc4cc3-c3ccccc3)cc2)c2c(C)cc(C)cc2C)c(C)c1. The third-order valence-electron chi connectivity index (χ3n) is 9.51. The fraction of sp³-hybridized carbons (Fsp3) is 0.156. The molecule has 0 bridgehead atoms. The number of nitrogens with zero attached hydrogens (tertiary/aromatic N) is 3. The van der Waals surface area contributed by atoms with E-state index in [0.717, 1.165) is 28.3 Å². The van der Waals surface area contributed by atoms with Crippen LogP contribution in [0.2, 0.25) is 0 Å². The highest BCUT2D eigenvalue weighted by atomic mass is 15.2. The Morgan fingerprint density at radius 1 is 0.542 bits per heavy atom. The Bertz CT molecular complexity index is 2130. The normalized spacial score (nSPS) is 11.3. The predicted molar refractivity (Wildman–Crippen MR) is 202 cm³/mol. The van der Waals surface area contributed by atoms with Crippen LogP contribution in [0.3, 0.4) is 0 Å². The minimum atomic E-state index is 0.103. The second-order valence-corrected chi connectivity index (χ2v) is 13.1. The van der Waals surface area contributed by atoms with Gasteiger partial charge in [-0.2, -0.15) is 0 Å². The summed E-state index contributed by atoms with van der Waals surface area (Å²) < 4.78 is 0. The fourth-order valence-corrected chi connectivity index (χ4v) is 7.65. The van der Waals surface area contributed by atoms with Crippen molar-refractivity contribution in [3.8, 4) is 11.1 Å². The Morgan fingerprint density at radius 2 is 1.08 bits per heavy atom. The van der Waals surface area contributed by atoms with Gasteiger partial charge in [-0.25, -0.2) is 4.98 Å². The molecule has 0 spiro atoms. The summed E-state index contributed by atoms with van der Waals surface area (Å²) in [7, 11) is 0. The molecule has 0 saturated carbocycles. The van der Waals surface area contributed by atoms with Crippen LogP contribution in [0.25, 0.3) is 21.9 Å². The van der Waals surface area contributed by atoms with E-state index < -0.39 is 0 Å². The highest BCUT2D eigenvalue weighted by Gasteiger charge is 2.26. The van der Waals surface area contributed by atoms with Crippen LogP contribution < -0.4 is 4.90 Å². The van der Waals surface area contributed by atoms with Gasteiger partial charge in [0.1, 0.15) is 0 Å².